The third-order valence-corrected chi connectivity index (χ3v) is 4.86. The number of hydrogen-bond donors (Lipinski definition) is 1. The maximum Gasteiger partial charge on any atom is 0.312 e. The Balaban J connectivity index is 2.38. The lowest BCUT2D eigenvalue weighted by Gasteiger charge is -2.37. The molecule has 0 heterocycles. The molecule has 86 valence electrons. The van der Waals surface area contributed by atoms with Crippen molar-refractivity contribution in [1.29, 1.82) is 0 Å². The van der Waals surface area contributed by atoms with Crippen LogP contribution in [0.5, 0.6) is 0 Å². The van der Waals surface area contributed by atoms with Gasteiger partial charge in [-0.05, 0) is 37.5 Å². The minimum atomic E-state index is -0.661. The Morgan fingerprint density at radius 1 is 1.53 bits per heavy atom. The molecular formula is C12H20O3. The third-order valence-electron chi connectivity index (χ3n) is 4.86. The van der Waals surface area contributed by atoms with Crippen LogP contribution in [-0.2, 0) is 9.53 Å². The van der Waals surface area contributed by atoms with Crippen molar-refractivity contribution in [2.24, 2.45) is 16.7 Å². The van der Waals surface area contributed by atoms with E-state index in [-0.39, 0.29) is 11.5 Å². The van der Waals surface area contributed by atoms with Crippen molar-refractivity contribution in [2.75, 3.05) is 6.61 Å². The molecular weight excluding hydrogens is 192 g/mol. The normalized spacial score (nSPS) is 42.1. The molecule has 0 aromatic carbocycles. The maximum absolute atomic E-state index is 11.6. The summed E-state index contributed by atoms with van der Waals surface area (Å²) in [5.41, 5.74) is -0.744. The van der Waals surface area contributed by atoms with Crippen LogP contribution in [0, 0.1) is 16.7 Å². The van der Waals surface area contributed by atoms with Gasteiger partial charge in [-0.15, -0.1) is 0 Å². The van der Waals surface area contributed by atoms with Gasteiger partial charge in [-0.2, -0.15) is 0 Å². The number of carboxylic acids is 1. The molecule has 0 aliphatic heterocycles. The molecule has 2 aliphatic carbocycles. The molecule has 3 heteroatoms. The average Bonchev–Trinajstić information content (AvgIpc) is 2.52. The topological polar surface area (TPSA) is 46.5 Å². The SMILES string of the molecule is CCO[C@H]1C[C@H]2CC[C@]1(C(=O)O)C2(C)C. The molecule has 1 N–H and O–H groups in total. The van der Waals surface area contributed by atoms with Gasteiger partial charge in [0.2, 0.25) is 0 Å². The summed E-state index contributed by atoms with van der Waals surface area (Å²) in [4.78, 5) is 11.6. The predicted octanol–water partition coefficient (Wildman–Crippen LogP) is 2.30. The van der Waals surface area contributed by atoms with Crippen molar-refractivity contribution in [2.45, 2.75) is 46.1 Å². The Kier molecular flexibility index (Phi) is 2.34. The van der Waals surface area contributed by atoms with Gasteiger partial charge >= 0.3 is 5.97 Å². The third kappa shape index (κ3) is 1.13. The second-order valence-electron chi connectivity index (χ2n) is 5.41. The molecule has 2 aliphatic rings. The van der Waals surface area contributed by atoms with E-state index >= 15 is 0 Å². The van der Waals surface area contributed by atoms with Gasteiger partial charge in [0.15, 0.2) is 0 Å². The molecule has 3 nitrogen and oxygen atoms in total. The summed E-state index contributed by atoms with van der Waals surface area (Å²) in [5.74, 6) is -0.143. The minimum absolute atomic E-state index is 0.0752. The number of fused-ring (bicyclic) bond motifs is 2. The van der Waals surface area contributed by atoms with Crippen molar-refractivity contribution in [3.05, 3.63) is 0 Å². The zero-order valence-electron chi connectivity index (χ0n) is 9.75. The number of rotatable bonds is 3. The first-order valence-corrected chi connectivity index (χ1v) is 5.81. The highest BCUT2D eigenvalue weighted by Crippen LogP contribution is 2.66. The Morgan fingerprint density at radius 3 is 2.67 bits per heavy atom. The standard InChI is InChI=1S/C12H20O3/c1-4-15-9-7-8-5-6-12(9,10(13)14)11(8,2)3/h8-9H,4-7H2,1-3H3,(H,13,14)/t8-,9+,12+/m1/s1. The monoisotopic (exact) mass is 212 g/mol. The van der Waals surface area contributed by atoms with Gasteiger partial charge in [0, 0.05) is 6.61 Å². The molecule has 2 saturated carbocycles. The number of carboxylic acid groups (broad SMARTS) is 1. The lowest BCUT2D eigenvalue weighted by molar-refractivity contribution is -0.165. The van der Waals surface area contributed by atoms with Crippen molar-refractivity contribution >= 4 is 5.97 Å². The van der Waals surface area contributed by atoms with E-state index in [1.165, 1.54) is 0 Å². The van der Waals surface area contributed by atoms with E-state index in [1.54, 1.807) is 0 Å². The number of ether oxygens (including phenoxy) is 1. The van der Waals surface area contributed by atoms with E-state index < -0.39 is 11.4 Å². The van der Waals surface area contributed by atoms with Gasteiger partial charge in [0.25, 0.3) is 0 Å². The predicted molar refractivity (Wildman–Crippen MR) is 56.6 cm³/mol. The summed E-state index contributed by atoms with van der Waals surface area (Å²) in [6.07, 6.45) is 2.68. The second kappa shape index (κ2) is 3.21. The van der Waals surface area contributed by atoms with Crippen LogP contribution in [0.25, 0.3) is 0 Å². The van der Waals surface area contributed by atoms with Crippen molar-refractivity contribution < 1.29 is 14.6 Å². The second-order valence-corrected chi connectivity index (χ2v) is 5.41. The average molecular weight is 212 g/mol. The summed E-state index contributed by atoms with van der Waals surface area (Å²) in [6, 6.07) is 0. The van der Waals surface area contributed by atoms with E-state index in [0.717, 1.165) is 19.3 Å². The fraction of sp³-hybridized carbons (Fsp3) is 0.917. The molecule has 2 bridgehead atoms. The number of aliphatic carboxylic acids is 1. The lowest BCUT2D eigenvalue weighted by atomic mass is 9.68. The first-order chi connectivity index (χ1) is 6.96. The minimum Gasteiger partial charge on any atom is -0.481 e. The summed E-state index contributed by atoms with van der Waals surface area (Å²) in [7, 11) is 0. The molecule has 0 radical (unpaired) electrons. The Hall–Kier alpha value is -0.570. The summed E-state index contributed by atoms with van der Waals surface area (Å²) in [6.45, 7) is 6.74. The van der Waals surface area contributed by atoms with Crippen LogP contribution >= 0.6 is 0 Å². The van der Waals surface area contributed by atoms with Crippen LogP contribution in [0.15, 0.2) is 0 Å². The highest BCUT2D eigenvalue weighted by atomic mass is 16.5. The molecule has 2 fully saturated rings. The van der Waals surface area contributed by atoms with Crippen molar-refractivity contribution in [3.8, 4) is 0 Å². The zero-order valence-corrected chi connectivity index (χ0v) is 9.75. The summed E-state index contributed by atoms with van der Waals surface area (Å²) < 4.78 is 5.66. The molecule has 0 aromatic rings. The van der Waals surface area contributed by atoms with Gasteiger partial charge < -0.3 is 9.84 Å². The Bertz CT molecular complexity index is 285. The van der Waals surface area contributed by atoms with Crippen LogP contribution in [0.3, 0.4) is 0 Å². The molecule has 0 unspecified atom stereocenters. The highest BCUT2D eigenvalue weighted by molar-refractivity contribution is 5.78. The van der Waals surface area contributed by atoms with Crippen LogP contribution in [0.1, 0.15) is 40.0 Å². The van der Waals surface area contributed by atoms with Crippen molar-refractivity contribution in [3.63, 3.8) is 0 Å². The number of carbonyl (C=O) groups is 1. The zero-order chi connectivity index (χ0) is 11.3. The summed E-state index contributed by atoms with van der Waals surface area (Å²) in [5, 5.41) is 9.54. The van der Waals surface area contributed by atoms with Crippen LogP contribution in [0.2, 0.25) is 0 Å². The molecule has 0 aromatic heterocycles. The van der Waals surface area contributed by atoms with Gasteiger partial charge in [-0.25, -0.2) is 0 Å². The van der Waals surface area contributed by atoms with E-state index in [4.69, 9.17) is 4.74 Å². The Morgan fingerprint density at radius 2 is 2.20 bits per heavy atom. The smallest absolute Gasteiger partial charge is 0.312 e. The van der Waals surface area contributed by atoms with E-state index in [0.29, 0.717) is 12.5 Å². The van der Waals surface area contributed by atoms with Gasteiger partial charge in [-0.1, -0.05) is 13.8 Å². The first kappa shape index (κ1) is 10.9. The largest absolute Gasteiger partial charge is 0.481 e. The van der Waals surface area contributed by atoms with Crippen LogP contribution < -0.4 is 0 Å². The van der Waals surface area contributed by atoms with Crippen LogP contribution in [-0.4, -0.2) is 23.8 Å². The highest BCUT2D eigenvalue weighted by Gasteiger charge is 2.68. The Labute approximate surface area is 90.8 Å². The maximum atomic E-state index is 11.6. The van der Waals surface area contributed by atoms with Crippen molar-refractivity contribution in [1.82, 2.24) is 0 Å². The molecule has 3 atom stereocenters. The van der Waals surface area contributed by atoms with E-state index in [2.05, 4.69) is 13.8 Å². The fourth-order valence-electron chi connectivity index (χ4n) is 3.83. The van der Waals surface area contributed by atoms with E-state index in [1.807, 2.05) is 6.92 Å². The number of hydrogen-bond acceptors (Lipinski definition) is 2. The quantitative estimate of drug-likeness (QED) is 0.780. The van der Waals surface area contributed by atoms with Gasteiger partial charge in [-0.3, -0.25) is 4.79 Å². The molecule has 0 amide bonds. The van der Waals surface area contributed by atoms with Gasteiger partial charge in [0.05, 0.1) is 11.5 Å². The fourth-order valence-corrected chi connectivity index (χ4v) is 3.83. The molecule has 0 spiro atoms. The van der Waals surface area contributed by atoms with Gasteiger partial charge in [0.1, 0.15) is 0 Å². The molecule has 2 rings (SSSR count). The lowest BCUT2D eigenvalue weighted by Crippen LogP contribution is -2.46. The summed E-state index contributed by atoms with van der Waals surface area (Å²) >= 11 is 0. The van der Waals surface area contributed by atoms with Crippen LogP contribution in [0.4, 0.5) is 0 Å². The molecule has 0 saturated heterocycles. The molecule has 15 heavy (non-hydrogen) atoms. The van der Waals surface area contributed by atoms with E-state index in [9.17, 15) is 9.90 Å². The first-order valence-electron chi connectivity index (χ1n) is 5.81.